The molecule has 0 amide bonds. The van der Waals surface area contributed by atoms with Gasteiger partial charge >= 0.3 is 5.97 Å². The van der Waals surface area contributed by atoms with Crippen LogP contribution in [0.3, 0.4) is 0 Å². The van der Waals surface area contributed by atoms with E-state index in [1.165, 1.54) is 12.1 Å². The molecule has 0 radical (unpaired) electrons. The maximum Gasteiger partial charge on any atom is 0.333 e. The van der Waals surface area contributed by atoms with Crippen LogP contribution in [-0.2, 0) is 16.0 Å². The summed E-state index contributed by atoms with van der Waals surface area (Å²) in [5.41, 5.74) is 1.50. The maximum absolute atomic E-state index is 12.6. The fourth-order valence-electron chi connectivity index (χ4n) is 1.62. The van der Waals surface area contributed by atoms with Crippen molar-refractivity contribution >= 4 is 5.97 Å². The van der Waals surface area contributed by atoms with Crippen LogP contribution in [0.2, 0.25) is 0 Å². The van der Waals surface area contributed by atoms with Crippen LogP contribution >= 0.6 is 0 Å². The van der Waals surface area contributed by atoms with Crippen molar-refractivity contribution in [2.24, 2.45) is 5.92 Å². The zero-order chi connectivity index (χ0) is 10.8. The Kier molecular flexibility index (Phi) is 2.54. The van der Waals surface area contributed by atoms with Gasteiger partial charge in [0.2, 0.25) is 0 Å². The van der Waals surface area contributed by atoms with Crippen molar-refractivity contribution in [3.05, 3.63) is 47.8 Å². The molecule has 1 fully saturated rings. The number of halogens is 1. The fourth-order valence-corrected chi connectivity index (χ4v) is 1.62. The second kappa shape index (κ2) is 3.85. The summed E-state index contributed by atoms with van der Waals surface area (Å²) < 4.78 is 17.5. The van der Waals surface area contributed by atoms with Gasteiger partial charge in [0.1, 0.15) is 5.82 Å². The van der Waals surface area contributed by atoms with Crippen LogP contribution in [0.1, 0.15) is 5.56 Å². The molecule has 1 unspecified atom stereocenters. The van der Waals surface area contributed by atoms with Crippen LogP contribution in [0.15, 0.2) is 36.4 Å². The quantitative estimate of drug-likeness (QED) is 0.547. The van der Waals surface area contributed by atoms with Gasteiger partial charge in [-0.1, -0.05) is 18.7 Å². The minimum Gasteiger partial charge on any atom is -0.462 e. The van der Waals surface area contributed by atoms with Crippen molar-refractivity contribution in [3.63, 3.8) is 0 Å². The van der Waals surface area contributed by atoms with E-state index in [2.05, 4.69) is 6.58 Å². The molecule has 1 saturated heterocycles. The molecule has 0 aliphatic carbocycles. The van der Waals surface area contributed by atoms with Crippen molar-refractivity contribution in [1.82, 2.24) is 0 Å². The van der Waals surface area contributed by atoms with E-state index in [4.69, 9.17) is 4.74 Å². The molecule has 1 aromatic carbocycles. The number of carbonyl (C=O) groups excluding carboxylic acids is 1. The average molecular weight is 206 g/mol. The largest absolute Gasteiger partial charge is 0.462 e. The highest BCUT2D eigenvalue weighted by atomic mass is 19.1. The van der Waals surface area contributed by atoms with Gasteiger partial charge in [-0.25, -0.2) is 9.18 Å². The lowest BCUT2D eigenvalue weighted by molar-refractivity contribution is -0.135. The lowest BCUT2D eigenvalue weighted by atomic mass is 9.95. The van der Waals surface area contributed by atoms with Crippen molar-refractivity contribution in [2.45, 2.75) is 6.42 Å². The van der Waals surface area contributed by atoms with Crippen molar-refractivity contribution < 1.29 is 13.9 Å². The normalized spacial score (nSPS) is 20.5. The minimum absolute atomic E-state index is 0.0305. The number of hydrogen-bond acceptors (Lipinski definition) is 2. The maximum atomic E-state index is 12.6. The van der Waals surface area contributed by atoms with E-state index in [0.29, 0.717) is 18.6 Å². The van der Waals surface area contributed by atoms with Crippen LogP contribution < -0.4 is 0 Å². The number of cyclic esters (lactones) is 1. The number of esters is 1. The second-order valence-electron chi connectivity index (χ2n) is 3.65. The van der Waals surface area contributed by atoms with E-state index in [1.54, 1.807) is 12.1 Å². The monoisotopic (exact) mass is 206 g/mol. The molecule has 0 saturated carbocycles. The van der Waals surface area contributed by atoms with Gasteiger partial charge in [-0.15, -0.1) is 0 Å². The number of hydrogen-bond donors (Lipinski definition) is 0. The first kappa shape index (κ1) is 9.90. The van der Waals surface area contributed by atoms with Gasteiger partial charge in [0, 0.05) is 11.5 Å². The van der Waals surface area contributed by atoms with E-state index in [0.717, 1.165) is 5.56 Å². The van der Waals surface area contributed by atoms with Crippen LogP contribution in [0.5, 0.6) is 0 Å². The summed E-state index contributed by atoms with van der Waals surface area (Å²) in [6.45, 7) is 4.07. The molecule has 0 spiro atoms. The van der Waals surface area contributed by atoms with Crippen LogP contribution in [0, 0.1) is 11.7 Å². The number of carbonyl (C=O) groups is 1. The molecule has 1 aliphatic rings. The Morgan fingerprint density at radius 3 is 2.60 bits per heavy atom. The molecule has 0 N–H and O–H groups in total. The first-order valence-electron chi connectivity index (χ1n) is 4.77. The first-order valence-corrected chi connectivity index (χ1v) is 4.77. The molecular weight excluding hydrogens is 195 g/mol. The predicted molar refractivity (Wildman–Crippen MR) is 53.7 cm³/mol. The Hall–Kier alpha value is -1.64. The zero-order valence-electron chi connectivity index (χ0n) is 8.20. The SMILES string of the molecule is C=C1C(=O)OCC1Cc1ccc(F)cc1. The Morgan fingerprint density at radius 2 is 2.07 bits per heavy atom. The number of benzene rings is 1. The minimum atomic E-state index is -0.317. The Bertz CT molecular complexity index is 395. The van der Waals surface area contributed by atoms with Crippen molar-refractivity contribution in [3.8, 4) is 0 Å². The van der Waals surface area contributed by atoms with Gasteiger partial charge in [0.05, 0.1) is 6.61 Å². The fraction of sp³-hybridized carbons (Fsp3) is 0.250. The van der Waals surface area contributed by atoms with Gasteiger partial charge in [-0.3, -0.25) is 0 Å². The van der Waals surface area contributed by atoms with E-state index < -0.39 is 0 Å². The molecular formula is C12H11FO2. The molecule has 78 valence electrons. The summed E-state index contributed by atoms with van der Waals surface area (Å²) in [5, 5.41) is 0. The number of rotatable bonds is 2. The van der Waals surface area contributed by atoms with Gasteiger partial charge in [-0.2, -0.15) is 0 Å². The Labute approximate surface area is 87.4 Å². The molecule has 2 nitrogen and oxygen atoms in total. The highest BCUT2D eigenvalue weighted by Crippen LogP contribution is 2.23. The first-order chi connectivity index (χ1) is 7.16. The average Bonchev–Trinajstić information content (AvgIpc) is 2.53. The van der Waals surface area contributed by atoms with Gasteiger partial charge < -0.3 is 4.74 Å². The van der Waals surface area contributed by atoms with Crippen molar-refractivity contribution in [2.75, 3.05) is 6.61 Å². The lowest BCUT2D eigenvalue weighted by Gasteiger charge is -2.06. The lowest BCUT2D eigenvalue weighted by Crippen LogP contribution is -2.06. The van der Waals surface area contributed by atoms with E-state index in [9.17, 15) is 9.18 Å². The topological polar surface area (TPSA) is 26.3 Å². The third-order valence-corrected chi connectivity index (χ3v) is 2.57. The molecule has 3 heteroatoms. The zero-order valence-corrected chi connectivity index (χ0v) is 8.20. The highest BCUT2D eigenvalue weighted by Gasteiger charge is 2.28. The van der Waals surface area contributed by atoms with Crippen LogP contribution in [0.25, 0.3) is 0 Å². The van der Waals surface area contributed by atoms with Crippen LogP contribution in [-0.4, -0.2) is 12.6 Å². The predicted octanol–water partition coefficient (Wildman–Crippen LogP) is 2.10. The van der Waals surface area contributed by atoms with E-state index >= 15 is 0 Å². The van der Waals surface area contributed by atoms with E-state index in [1.807, 2.05) is 0 Å². The third kappa shape index (κ3) is 2.06. The Morgan fingerprint density at radius 1 is 1.40 bits per heavy atom. The summed E-state index contributed by atoms with van der Waals surface area (Å²) in [7, 11) is 0. The molecule has 1 heterocycles. The summed E-state index contributed by atoms with van der Waals surface area (Å²) in [6, 6.07) is 6.25. The summed E-state index contributed by atoms with van der Waals surface area (Å²) in [4.78, 5) is 11.0. The summed E-state index contributed by atoms with van der Waals surface area (Å²) in [6.07, 6.45) is 0.671. The smallest absolute Gasteiger partial charge is 0.333 e. The Balaban J connectivity index is 2.06. The molecule has 1 aromatic rings. The third-order valence-electron chi connectivity index (χ3n) is 2.57. The molecule has 0 bridgehead atoms. The second-order valence-corrected chi connectivity index (χ2v) is 3.65. The summed E-state index contributed by atoms with van der Waals surface area (Å²) in [5.74, 6) is -0.540. The standard InChI is InChI=1S/C12H11FO2/c1-8-10(7-15-12(8)14)6-9-2-4-11(13)5-3-9/h2-5,10H,1,6-7H2. The van der Waals surface area contributed by atoms with Gasteiger partial charge in [0.15, 0.2) is 0 Å². The molecule has 15 heavy (non-hydrogen) atoms. The molecule has 0 aromatic heterocycles. The van der Waals surface area contributed by atoms with Crippen LogP contribution in [0.4, 0.5) is 4.39 Å². The molecule has 2 rings (SSSR count). The van der Waals surface area contributed by atoms with Gasteiger partial charge in [0.25, 0.3) is 0 Å². The van der Waals surface area contributed by atoms with Crippen molar-refractivity contribution in [1.29, 1.82) is 0 Å². The van der Waals surface area contributed by atoms with E-state index in [-0.39, 0.29) is 17.7 Å². The summed E-state index contributed by atoms with van der Waals surface area (Å²) >= 11 is 0. The van der Waals surface area contributed by atoms with Gasteiger partial charge in [-0.05, 0) is 24.1 Å². The molecule has 1 atom stereocenters. The molecule has 1 aliphatic heterocycles. The number of ether oxygens (including phenoxy) is 1. The highest BCUT2D eigenvalue weighted by molar-refractivity contribution is 5.90.